The fourth-order valence-corrected chi connectivity index (χ4v) is 4.96. The van der Waals surface area contributed by atoms with Gasteiger partial charge in [0.25, 0.3) is 0 Å². The van der Waals surface area contributed by atoms with Gasteiger partial charge in [0.15, 0.2) is 0 Å². The van der Waals surface area contributed by atoms with Crippen molar-refractivity contribution < 1.29 is 4.74 Å². The molecule has 1 saturated carbocycles. The average molecular weight is 431 g/mol. The molecular weight excluding hydrogens is 406 g/mol. The summed E-state index contributed by atoms with van der Waals surface area (Å²) in [4.78, 5) is 0. The lowest BCUT2D eigenvalue weighted by molar-refractivity contribution is 0.315. The lowest BCUT2D eigenvalue weighted by atomic mass is 10.1. The smallest absolute Gasteiger partial charge is 0.135 e. The van der Waals surface area contributed by atoms with E-state index in [0.29, 0.717) is 6.61 Å². The van der Waals surface area contributed by atoms with Crippen molar-refractivity contribution in [2.75, 3.05) is 6.61 Å². The zero-order chi connectivity index (χ0) is 21.8. The Hall–Kier alpha value is -3.79. The Bertz CT molecular complexity index is 1520. The molecule has 0 atom stereocenters. The molecule has 0 saturated heterocycles. The highest BCUT2D eigenvalue weighted by Crippen LogP contribution is 2.37. The van der Waals surface area contributed by atoms with Crippen LogP contribution in [-0.2, 0) is 13.0 Å². The van der Waals surface area contributed by atoms with Gasteiger partial charge < -0.3 is 9.30 Å². The molecule has 2 aromatic heterocycles. The largest absolute Gasteiger partial charge is 0.492 e. The molecule has 5 aromatic rings. The van der Waals surface area contributed by atoms with Gasteiger partial charge in [0.2, 0.25) is 0 Å². The van der Waals surface area contributed by atoms with Gasteiger partial charge in [-0.05, 0) is 66.3 Å². The summed E-state index contributed by atoms with van der Waals surface area (Å²) in [6, 6.07) is 26.6. The average Bonchev–Trinajstić information content (AvgIpc) is 3.51. The van der Waals surface area contributed by atoms with Crippen molar-refractivity contribution in [3.63, 3.8) is 0 Å². The molecule has 0 spiro atoms. The summed E-state index contributed by atoms with van der Waals surface area (Å²) in [5, 5.41) is 7.40. The van der Waals surface area contributed by atoms with E-state index in [0.717, 1.165) is 41.4 Å². The minimum Gasteiger partial charge on any atom is -0.492 e. The van der Waals surface area contributed by atoms with Crippen LogP contribution in [0.3, 0.4) is 0 Å². The number of aromatic nitrogens is 3. The van der Waals surface area contributed by atoms with E-state index in [1.165, 1.54) is 40.6 Å². The Labute approximate surface area is 192 Å². The van der Waals surface area contributed by atoms with Crippen molar-refractivity contribution in [3.05, 3.63) is 89.6 Å². The number of fused-ring (bicyclic) bond motifs is 1. The molecule has 1 fully saturated rings. The van der Waals surface area contributed by atoms with Gasteiger partial charge in [-0.15, -0.1) is 0 Å². The first-order valence-corrected chi connectivity index (χ1v) is 11.7. The number of hydrogen-bond acceptors (Lipinski definition) is 2. The second kappa shape index (κ2) is 7.38. The standard InChI is InChI=1S/C29H24N3O/c1-2-5-20(6-3-1)9-10-21-13-14-25-23(17-21)18-28(31(25)19-22-11-12-22)32-26-15-16-33-27-8-4-7-24(30-32)29(26)27/h1-3,5-10,13-14,17-18,22H,11-12,15-16,19H2. The SMILES string of the molecule is [c]1cc2c3c(n(-c4cc5cc(C=Cc6ccccc6)ccc5n4CC4CC4)nc3c1)CCO2. The van der Waals surface area contributed by atoms with Crippen molar-refractivity contribution in [1.29, 1.82) is 0 Å². The van der Waals surface area contributed by atoms with Crippen molar-refractivity contribution in [2.45, 2.75) is 25.8 Å². The highest BCUT2D eigenvalue weighted by molar-refractivity contribution is 5.90. The van der Waals surface area contributed by atoms with E-state index in [2.05, 4.69) is 76.0 Å². The summed E-state index contributed by atoms with van der Waals surface area (Å²) in [7, 11) is 0. The van der Waals surface area contributed by atoms with Crippen LogP contribution in [0, 0.1) is 12.0 Å². The Morgan fingerprint density at radius 3 is 2.76 bits per heavy atom. The van der Waals surface area contributed by atoms with Gasteiger partial charge >= 0.3 is 0 Å². The Morgan fingerprint density at radius 1 is 1.00 bits per heavy atom. The zero-order valence-corrected chi connectivity index (χ0v) is 18.4. The molecule has 0 amide bonds. The third kappa shape index (κ3) is 3.25. The van der Waals surface area contributed by atoms with Crippen molar-refractivity contribution in [2.24, 2.45) is 5.92 Å². The maximum absolute atomic E-state index is 5.89. The van der Waals surface area contributed by atoms with Crippen molar-refractivity contribution in [1.82, 2.24) is 14.3 Å². The molecule has 1 aliphatic heterocycles. The molecule has 1 aliphatic carbocycles. The molecule has 33 heavy (non-hydrogen) atoms. The van der Waals surface area contributed by atoms with Gasteiger partial charge in [-0.25, -0.2) is 4.68 Å². The number of ether oxygens (including phenoxy) is 1. The Balaban J connectivity index is 1.37. The summed E-state index contributed by atoms with van der Waals surface area (Å²) in [6.45, 7) is 1.73. The van der Waals surface area contributed by atoms with E-state index in [-0.39, 0.29) is 0 Å². The molecule has 3 heterocycles. The van der Waals surface area contributed by atoms with E-state index < -0.39 is 0 Å². The normalized spacial score (nSPS) is 15.5. The summed E-state index contributed by atoms with van der Waals surface area (Å²) in [6.07, 6.45) is 7.86. The van der Waals surface area contributed by atoms with E-state index in [4.69, 9.17) is 9.84 Å². The summed E-state index contributed by atoms with van der Waals surface area (Å²) >= 11 is 0. The van der Waals surface area contributed by atoms with Crippen LogP contribution in [0.4, 0.5) is 0 Å². The number of hydrogen-bond donors (Lipinski definition) is 0. The van der Waals surface area contributed by atoms with Gasteiger partial charge in [-0.2, -0.15) is 5.10 Å². The second-order valence-electron chi connectivity index (χ2n) is 9.16. The van der Waals surface area contributed by atoms with Crippen molar-refractivity contribution >= 4 is 34.0 Å². The molecule has 2 aliphatic rings. The molecule has 0 unspecified atom stereocenters. The molecule has 0 N–H and O–H groups in total. The summed E-state index contributed by atoms with van der Waals surface area (Å²) in [5.74, 6) is 2.82. The van der Waals surface area contributed by atoms with E-state index in [1.807, 2.05) is 18.2 Å². The quantitative estimate of drug-likeness (QED) is 0.307. The first-order chi connectivity index (χ1) is 16.3. The van der Waals surface area contributed by atoms with Gasteiger partial charge in [0.05, 0.1) is 23.2 Å². The number of rotatable bonds is 5. The predicted octanol–water partition coefficient (Wildman–Crippen LogP) is 6.30. The topological polar surface area (TPSA) is 32.0 Å². The van der Waals surface area contributed by atoms with Crippen LogP contribution in [0.15, 0.2) is 66.7 Å². The van der Waals surface area contributed by atoms with Gasteiger partial charge in [-0.3, -0.25) is 0 Å². The third-order valence-corrected chi connectivity index (χ3v) is 6.81. The van der Waals surface area contributed by atoms with Crippen LogP contribution in [0.25, 0.3) is 39.8 Å². The maximum Gasteiger partial charge on any atom is 0.135 e. The van der Waals surface area contributed by atoms with E-state index in [1.54, 1.807) is 0 Å². The first-order valence-electron chi connectivity index (χ1n) is 11.7. The van der Waals surface area contributed by atoms with Crippen LogP contribution in [0.5, 0.6) is 5.75 Å². The summed E-state index contributed by atoms with van der Waals surface area (Å²) in [5.41, 5.74) is 5.89. The lowest BCUT2D eigenvalue weighted by Gasteiger charge is -2.16. The molecule has 161 valence electrons. The highest BCUT2D eigenvalue weighted by atomic mass is 16.5. The fraction of sp³-hybridized carbons (Fsp3) is 0.207. The maximum atomic E-state index is 5.89. The monoisotopic (exact) mass is 430 g/mol. The molecule has 4 heteroatoms. The molecule has 3 aromatic carbocycles. The fourth-order valence-electron chi connectivity index (χ4n) is 4.96. The summed E-state index contributed by atoms with van der Waals surface area (Å²) < 4.78 is 10.5. The zero-order valence-electron chi connectivity index (χ0n) is 18.4. The molecule has 0 bridgehead atoms. The predicted molar refractivity (Wildman–Crippen MR) is 133 cm³/mol. The number of benzene rings is 3. The van der Waals surface area contributed by atoms with Crippen molar-refractivity contribution in [3.8, 4) is 11.6 Å². The van der Waals surface area contributed by atoms with Crippen LogP contribution in [0.2, 0.25) is 0 Å². The Kier molecular flexibility index (Phi) is 4.19. The molecule has 7 rings (SSSR count). The minimum absolute atomic E-state index is 0.683. The second-order valence-corrected chi connectivity index (χ2v) is 9.16. The molecule has 1 radical (unpaired) electrons. The number of nitrogens with zero attached hydrogens (tertiary/aromatic N) is 3. The molecular formula is C29H24N3O. The molecule has 4 nitrogen and oxygen atoms in total. The van der Waals surface area contributed by atoms with Gasteiger partial charge in [-0.1, -0.05) is 48.6 Å². The van der Waals surface area contributed by atoms with Gasteiger partial charge in [0, 0.05) is 23.9 Å². The van der Waals surface area contributed by atoms with Crippen LogP contribution >= 0.6 is 0 Å². The van der Waals surface area contributed by atoms with Crippen LogP contribution in [-0.4, -0.2) is 21.0 Å². The van der Waals surface area contributed by atoms with Crippen LogP contribution < -0.4 is 4.74 Å². The van der Waals surface area contributed by atoms with Crippen LogP contribution in [0.1, 0.15) is 29.7 Å². The third-order valence-electron chi connectivity index (χ3n) is 6.81. The minimum atomic E-state index is 0.683. The van der Waals surface area contributed by atoms with E-state index >= 15 is 0 Å². The van der Waals surface area contributed by atoms with E-state index in [9.17, 15) is 0 Å². The lowest BCUT2D eigenvalue weighted by Crippen LogP contribution is -2.14. The highest BCUT2D eigenvalue weighted by Gasteiger charge is 2.27. The van der Waals surface area contributed by atoms with Gasteiger partial charge in [0.1, 0.15) is 11.6 Å². The Morgan fingerprint density at radius 2 is 1.88 bits per heavy atom. The first kappa shape index (κ1) is 18.8.